The van der Waals surface area contributed by atoms with E-state index in [0.717, 1.165) is 22.5 Å². The number of rotatable bonds is 10. The fourth-order valence-electron chi connectivity index (χ4n) is 5.12. The van der Waals surface area contributed by atoms with Gasteiger partial charge in [0.25, 0.3) is 5.78 Å². The largest absolute Gasteiger partial charge is 0.507 e. The van der Waals surface area contributed by atoms with Crippen molar-refractivity contribution in [3.8, 4) is 17.2 Å². The second-order valence-electron chi connectivity index (χ2n) is 10.3. The molecule has 0 saturated carbocycles. The lowest BCUT2D eigenvalue weighted by Gasteiger charge is -2.24. The Bertz CT molecular complexity index is 1770. The molecule has 5 rings (SSSR count). The van der Waals surface area contributed by atoms with Crippen LogP contribution in [0, 0.1) is 13.8 Å². The number of aliphatic hydroxyl groups excluding tert-OH is 1. The zero-order chi connectivity index (χ0) is 31.5. The summed E-state index contributed by atoms with van der Waals surface area (Å²) in [5.74, 6) is -0.846. The number of ether oxygens (including phenoxy) is 3. The Hall–Kier alpha value is -4.96. The van der Waals surface area contributed by atoms with E-state index in [-0.39, 0.29) is 22.2 Å². The average molecular weight is 613 g/mol. The van der Waals surface area contributed by atoms with E-state index in [1.807, 2.05) is 38.1 Å². The molecule has 0 spiro atoms. The number of Topliss-reactive ketones (excluding diaryl/α,β-unsaturated/α-hetero) is 2. The summed E-state index contributed by atoms with van der Waals surface area (Å²) in [6.45, 7) is 7.72. The van der Waals surface area contributed by atoms with Crippen LogP contribution in [0.3, 0.4) is 0 Å². The molecule has 1 aromatic heterocycles. The highest BCUT2D eigenvalue weighted by Gasteiger charge is 2.48. The van der Waals surface area contributed by atoms with E-state index < -0.39 is 17.7 Å². The number of aliphatic hydroxyl groups is 1. The summed E-state index contributed by atoms with van der Waals surface area (Å²) in [5, 5.41) is 11.7. The molecule has 0 bridgehead atoms. The molecule has 2 heterocycles. The molecule has 1 aliphatic heterocycles. The number of nitrogens with zero attached hydrogens (tertiary/aromatic N) is 2. The average Bonchev–Trinajstić information content (AvgIpc) is 3.52. The Balaban J connectivity index is 1.57. The lowest BCUT2D eigenvalue weighted by molar-refractivity contribution is -0.132. The highest BCUT2D eigenvalue weighted by atomic mass is 32.1. The van der Waals surface area contributed by atoms with Gasteiger partial charge in [0.15, 0.2) is 22.4 Å². The van der Waals surface area contributed by atoms with Gasteiger partial charge in [0.05, 0.1) is 35.9 Å². The smallest absolute Gasteiger partial charge is 0.301 e. The van der Waals surface area contributed by atoms with Gasteiger partial charge in [-0.1, -0.05) is 47.2 Å². The topological polar surface area (TPSA) is 115 Å². The molecule has 226 valence electrons. The molecule has 0 aliphatic carbocycles. The number of thiazole rings is 1. The molecule has 1 saturated heterocycles. The van der Waals surface area contributed by atoms with E-state index in [1.54, 1.807) is 49.4 Å². The van der Waals surface area contributed by atoms with Crippen molar-refractivity contribution in [2.75, 3.05) is 18.6 Å². The molecule has 44 heavy (non-hydrogen) atoms. The van der Waals surface area contributed by atoms with Crippen molar-refractivity contribution in [3.63, 3.8) is 0 Å². The Morgan fingerprint density at radius 1 is 1.00 bits per heavy atom. The first-order valence-corrected chi connectivity index (χ1v) is 14.8. The maximum absolute atomic E-state index is 13.6. The Kier molecular flexibility index (Phi) is 8.82. The number of aryl methyl sites for hydroxylation is 2. The maximum atomic E-state index is 13.6. The summed E-state index contributed by atoms with van der Waals surface area (Å²) in [7, 11) is 1.49. The van der Waals surface area contributed by atoms with Gasteiger partial charge in [-0.25, -0.2) is 4.98 Å². The van der Waals surface area contributed by atoms with Crippen LogP contribution in [0.5, 0.6) is 17.2 Å². The van der Waals surface area contributed by atoms with Gasteiger partial charge in [0, 0.05) is 12.5 Å². The second-order valence-corrected chi connectivity index (χ2v) is 11.3. The molecule has 9 nitrogen and oxygen atoms in total. The predicted octanol–water partition coefficient (Wildman–Crippen LogP) is 6.58. The molecule has 4 aromatic rings. The molecule has 1 N–H and O–H groups in total. The van der Waals surface area contributed by atoms with Crippen molar-refractivity contribution in [1.82, 2.24) is 4.98 Å². The fourth-order valence-corrected chi connectivity index (χ4v) is 6.11. The molecule has 1 aliphatic rings. The standard InChI is InChI=1S/C34H32N2O7S/c1-6-42-26-15-12-24(17-27(26)41-5)29-28(31(39)33(40)36(29)34-35-20(3)32(44-34)21(4)37)30(38)23-10-13-25(14-11-23)43-18-22-9-7-8-19(2)16-22/h7-17,29,38H,6,18H2,1-5H3/b30-28+. The summed E-state index contributed by atoms with van der Waals surface area (Å²) >= 11 is 1.02. The van der Waals surface area contributed by atoms with Crippen LogP contribution >= 0.6 is 11.3 Å². The summed E-state index contributed by atoms with van der Waals surface area (Å²) in [5.41, 5.74) is 3.30. The van der Waals surface area contributed by atoms with E-state index in [4.69, 9.17) is 14.2 Å². The van der Waals surface area contributed by atoms with Crippen molar-refractivity contribution in [1.29, 1.82) is 0 Å². The summed E-state index contributed by atoms with van der Waals surface area (Å²) in [6.07, 6.45) is 0. The predicted molar refractivity (Wildman–Crippen MR) is 168 cm³/mol. The van der Waals surface area contributed by atoms with Gasteiger partial charge in [-0.3, -0.25) is 19.3 Å². The van der Waals surface area contributed by atoms with Gasteiger partial charge in [-0.05, 0) is 68.3 Å². The number of hydrogen-bond donors (Lipinski definition) is 1. The number of carbonyl (C=O) groups is 3. The number of amides is 1. The number of ketones is 2. The van der Waals surface area contributed by atoms with Gasteiger partial charge >= 0.3 is 5.91 Å². The minimum absolute atomic E-state index is 0.119. The van der Waals surface area contributed by atoms with Crippen LogP contribution in [0.2, 0.25) is 0 Å². The maximum Gasteiger partial charge on any atom is 0.301 e. The third kappa shape index (κ3) is 5.93. The lowest BCUT2D eigenvalue weighted by Crippen LogP contribution is -2.29. The van der Waals surface area contributed by atoms with E-state index >= 15 is 0 Å². The minimum Gasteiger partial charge on any atom is -0.507 e. The first-order valence-electron chi connectivity index (χ1n) is 14.0. The van der Waals surface area contributed by atoms with Gasteiger partial charge in [-0.2, -0.15) is 0 Å². The van der Waals surface area contributed by atoms with E-state index in [2.05, 4.69) is 4.98 Å². The Labute approximate surface area is 259 Å². The molecule has 1 amide bonds. The van der Waals surface area contributed by atoms with Crippen molar-refractivity contribution in [3.05, 3.63) is 105 Å². The SMILES string of the molecule is CCOc1ccc(C2/C(=C(\O)c3ccc(OCc4cccc(C)c4)cc3)C(=O)C(=O)N2c2nc(C)c(C(C)=O)s2)cc1OC. The molecule has 0 radical (unpaired) electrons. The van der Waals surface area contributed by atoms with Crippen LogP contribution < -0.4 is 19.1 Å². The van der Waals surface area contributed by atoms with Gasteiger partial charge < -0.3 is 19.3 Å². The van der Waals surface area contributed by atoms with Crippen molar-refractivity contribution in [2.24, 2.45) is 0 Å². The molecule has 3 aromatic carbocycles. The fraction of sp³-hybridized carbons (Fsp3) is 0.235. The monoisotopic (exact) mass is 612 g/mol. The van der Waals surface area contributed by atoms with Crippen LogP contribution in [-0.2, 0) is 16.2 Å². The van der Waals surface area contributed by atoms with Crippen molar-refractivity contribution < 1.29 is 33.7 Å². The molecular weight excluding hydrogens is 580 g/mol. The normalized spacial score (nSPS) is 15.8. The Morgan fingerprint density at radius 3 is 2.39 bits per heavy atom. The quantitative estimate of drug-likeness (QED) is 0.0925. The highest BCUT2D eigenvalue weighted by Crippen LogP contribution is 2.45. The molecule has 1 atom stereocenters. The van der Waals surface area contributed by atoms with E-state index in [9.17, 15) is 19.5 Å². The van der Waals surface area contributed by atoms with Crippen LogP contribution in [0.1, 0.15) is 57.5 Å². The van der Waals surface area contributed by atoms with Gasteiger partial charge in [0.2, 0.25) is 0 Å². The van der Waals surface area contributed by atoms with Crippen LogP contribution in [0.25, 0.3) is 5.76 Å². The first kappa shape index (κ1) is 30.5. The van der Waals surface area contributed by atoms with E-state index in [0.29, 0.717) is 52.2 Å². The Morgan fingerprint density at radius 2 is 1.75 bits per heavy atom. The summed E-state index contributed by atoms with van der Waals surface area (Å²) in [4.78, 5) is 45.5. The summed E-state index contributed by atoms with van der Waals surface area (Å²) < 4.78 is 17.1. The number of aromatic nitrogens is 1. The summed E-state index contributed by atoms with van der Waals surface area (Å²) in [6, 6.07) is 18.6. The minimum atomic E-state index is -1.05. The van der Waals surface area contributed by atoms with Crippen LogP contribution in [-0.4, -0.2) is 41.3 Å². The van der Waals surface area contributed by atoms with Gasteiger partial charge in [-0.15, -0.1) is 0 Å². The van der Waals surface area contributed by atoms with Crippen molar-refractivity contribution >= 4 is 39.7 Å². The first-order chi connectivity index (χ1) is 21.1. The number of anilines is 1. The third-order valence-corrected chi connectivity index (χ3v) is 8.43. The lowest BCUT2D eigenvalue weighted by atomic mass is 9.95. The zero-order valence-electron chi connectivity index (χ0n) is 25.0. The van der Waals surface area contributed by atoms with Crippen LogP contribution in [0.15, 0.2) is 72.3 Å². The molecule has 1 unspecified atom stereocenters. The molecule has 1 fully saturated rings. The van der Waals surface area contributed by atoms with E-state index in [1.165, 1.54) is 18.9 Å². The number of benzene rings is 3. The molecular formula is C34H32N2O7S. The van der Waals surface area contributed by atoms with Crippen molar-refractivity contribution in [2.45, 2.75) is 40.3 Å². The number of carbonyl (C=O) groups excluding carboxylic acids is 3. The molecule has 10 heteroatoms. The van der Waals surface area contributed by atoms with Crippen LogP contribution in [0.4, 0.5) is 5.13 Å². The number of hydrogen-bond acceptors (Lipinski definition) is 9. The zero-order valence-corrected chi connectivity index (χ0v) is 25.9. The second kappa shape index (κ2) is 12.7. The number of methoxy groups -OCH3 is 1. The highest BCUT2D eigenvalue weighted by molar-refractivity contribution is 7.18. The van der Waals surface area contributed by atoms with Gasteiger partial charge in [0.1, 0.15) is 18.1 Å². The third-order valence-electron chi connectivity index (χ3n) is 7.17.